The van der Waals surface area contributed by atoms with E-state index >= 15 is 0 Å². The Hall–Kier alpha value is -2.87. The summed E-state index contributed by atoms with van der Waals surface area (Å²) >= 11 is 1.34. The number of benzene rings is 1. The Morgan fingerprint density at radius 1 is 1.38 bits per heavy atom. The highest BCUT2D eigenvalue weighted by Crippen LogP contribution is 2.34. The van der Waals surface area contributed by atoms with Gasteiger partial charge in [-0.05, 0) is 24.6 Å². The predicted molar refractivity (Wildman–Crippen MR) is 87.8 cm³/mol. The fraction of sp³-hybridized carbons (Fsp3) is 0.188. The van der Waals surface area contributed by atoms with Crippen LogP contribution >= 0.6 is 11.3 Å². The van der Waals surface area contributed by atoms with Crippen molar-refractivity contribution in [1.82, 2.24) is 14.7 Å². The standard InChI is InChI=1S/C16H13N3O4S/c1-9(10-2-3-12-13(6-10)23-8-22-12)18-14(20)11-7-17-16-19(15(11)21)4-5-24-16/h2-7,9H,8H2,1H3,(H,18,20). The highest BCUT2D eigenvalue weighted by molar-refractivity contribution is 7.15. The fourth-order valence-corrected chi connectivity index (χ4v) is 3.20. The maximum absolute atomic E-state index is 12.4. The fourth-order valence-electron chi connectivity index (χ4n) is 2.52. The molecule has 1 unspecified atom stereocenters. The molecule has 2 aromatic heterocycles. The van der Waals surface area contributed by atoms with Crippen molar-refractivity contribution in [2.75, 3.05) is 6.79 Å². The third-order valence-electron chi connectivity index (χ3n) is 3.83. The van der Waals surface area contributed by atoms with Gasteiger partial charge in [0.25, 0.3) is 11.5 Å². The number of hydrogen-bond donors (Lipinski definition) is 1. The molecule has 1 atom stereocenters. The second-order valence-electron chi connectivity index (χ2n) is 5.34. The van der Waals surface area contributed by atoms with Gasteiger partial charge in [-0.15, -0.1) is 11.3 Å². The van der Waals surface area contributed by atoms with Crippen molar-refractivity contribution in [3.63, 3.8) is 0 Å². The minimum absolute atomic E-state index is 0.0125. The predicted octanol–water partition coefficient (Wildman–Crippen LogP) is 1.98. The molecule has 7 nitrogen and oxygen atoms in total. The van der Waals surface area contributed by atoms with E-state index in [4.69, 9.17) is 9.47 Å². The van der Waals surface area contributed by atoms with Crippen molar-refractivity contribution in [2.45, 2.75) is 13.0 Å². The second-order valence-corrected chi connectivity index (χ2v) is 6.21. The molecule has 0 aliphatic carbocycles. The smallest absolute Gasteiger partial charge is 0.271 e. The third kappa shape index (κ3) is 2.41. The summed E-state index contributed by atoms with van der Waals surface area (Å²) < 4.78 is 12.0. The van der Waals surface area contributed by atoms with Crippen LogP contribution in [-0.4, -0.2) is 22.1 Å². The highest BCUT2D eigenvalue weighted by Gasteiger charge is 2.19. The molecular formula is C16H13N3O4S. The van der Waals surface area contributed by atoms with Crippen LogP contribution in [0, 0.1) is 0 Å². The van der Waals surface area contributed by atoms with Crippen LogP contribution in [0.4, 0.5) is 0 Å². The topological polar surface area (TPSA) is 81.9 Å². The lowest BCUT2D eigenvalue weighted by Crippen LogP contribution is -2.32. The molecule has 3 aromatic rings. The molecule has 4 rings (SSSR count). The van der Waals surface area contributed by atoms with Crippen LogP contribution in [0.15, 0.2) is 40.8 Å². The number of amides is 1. The minimum Gasteiger partial charge on any atom is -0.454 e. The number of rotatable bonds is 3. The molecular weight excluding hydrogens is 330 g/mol. The Bertz CT molecular complexity index is 994. The number of thiazole rings is 1. The normalized spacial score (nSPS) is 13.9. The first-order valence-electron chi connectivity index (χ1n) is 7.29. The molecule has 3 heterocycles. The number of fused-ring (bicyclic) bond motifs is 2. The summed E-state index contributed by atoms with van der Waals surface area (Å²) in [6.07, 6.45) is 2.92. The Kier molecular flexibility index (Phi) is 3.46. The van der Waals surface area contributed by atoms with Gasteiger partial charge < -0.3 is 14.8 Å². The molecule has 0 fully saturated rings. The van der Waals surface area contributed by atoms with Crippen molar-refractivity contribution < 1.29 is 14.3 Å². The Balaban J connectivity index is 1.58. The molecule has 0 radical (unpaired) electrons. The SMILES string of the molecule is CC(NC(=O)c1cnc2sccn2c1=O)c1ccc2c(c1)OCO2. The third-order valence-corrected chi connectivity index (χ3v) is 4.60. The number of aromatic nitrogens is 2. The van der Waals surface area contributed by atoms with Crippen LogP contribution < -0.4 is 20.3 Å². The lowest BCUT2D eigenvalue weighted by Gasteiger charge is -2.14. The molecule has 0 saturated heterocycles. The van der Waals surface area contributed by atoms with E-state index in [0.29, 0.717) is 16.5 Å². The van der Waals surface area contributed by atoms with Gasteiger partial charge in [0.1, 0.15) is 5.56 Å². The largest absolute Gasteiger partial charge is 0.454 e. The molecule has 0 saturated carbocycles. The van der Waals surface area contributed by atoms with E-state index in [1.807, 2.05) is 19.1 Å². The average Bonchev–Trinajstić information content (AvgIpc) is 3.23. The Labute approximate surface area is 140 Å². The quantitative estimate of drug-likeness (QED) is 0.786. The summed E-state index contributed by atoms with van der Waals surface area (Å²) in [5.74, 6) is 0.871. The maximum atomic E-state index is 12.4. The first-order valence-corrected chi connectivity index (χ1v) is 8.17. The Morgan fingerprint density at radius 3 is 3.08 bits per heavy atom. The monoisotopic (exact) mass is 343 g/mol. The molecule has 24 heavy (non-hydrogen) atoms. The first kappa shape index (κ1) is 14.7. The van der Waals surface area contributed by atoms with Gasteiger partial charge in [0.2, 0.25) is 6.79 Å². The highest BCUT2D eigenvalue weighted by atomic mass is 32.1. The molecule has 1 amide bonds. The van der Waals surface area contributed by atoms with Crippen LogP contribution in [-0.2, 0) is 0 Å². The number of carbonyl (C=O) groups is 1. The lowest BCUT2D eigenvalue weighted by molar-refractivity contribution is 0.0937. The maximum Gasteiger partial charge on any atom is 0.271 e. The van der Waals surface area contributed by atoms with Crippen LogP contribution in [0.5, 0.6) is 11.5 Å². The van der Waals surface area contributed by atoms with Crippen LogP contribution in [0.25, 0.3) is 4.96 Å². The van der Waals surface area contributed by atoms with Crippen molar-refractivity contribution in [1.29, 1.82) is 0 Å². The van der Waals surface area contributed by atoms with Crippen LogP contribution in [0.2, 0.25) is 0 Å². The number of hydrogen-bond acceptors (Lipinski definition) is 6. The van der Waals surface area contributed by atoms with E-state index in [9.17, 15) is 9.59 Å². The van der Waals surface area contributed by atoms with E-state index in [1.165, 1.54) is 21.9 Å². The zero-order valence-corrected chi connectivity index (χ0v) is 13.5. The summed E-state index contributed by atoms with van der Waals surface area (Å²) in [6.45, 7) is 2.03. The first-order chi connectivity index (χ1) is 11.6. The summed E-state index contributed by atoms with van der Waals surface area (Å²) in [5.41, 5.74) is 0.493. The van der Waals surface area contributed by atoms with E-state index in [0.717, 1.165) is 5.56 Å². The number of nitrogens with one attached hydrogen (secondary N) is 1. The molecule has 1 aliphatic rings. The summed E-state index contributed by atoms with van der Waals surface area (Å²) in [6, 6.07) is 5.18. The van der Waals surface area contributed by atoms with Crippen LogP contribution in [0.3, 0.4) is 0 Å². The van der Waals surface area contributed by atoms with Crippen LogP contribution in [0.1, 0.15) is 28.9 Å². The molecule has 1 aromatic carbocycles. The lowest BCUT2D eigenvalue weighted by atomic mass is 10.1. The van der Waals surface area contributed by atoms with Gasteiger partial charge in [-0.2, -0.15) is 0 Å². The molecule has 1 N–H and O–H groups in total. The van der Waals surface area contributed by atoms with Gasteiger partial charge in [0, 0.05) is 17.8 Å². The van der Waals surface area contributed by atoms with Crippen molar-refractivity contribution in [3.05, 3.63) is 57.5 Å². The average molecular weight is 343 g/mol. The summed E-state index contributed by atoms with van der Waals surface area (Å²) in [7, 11) is 0. The van der Waals surface area contributed by atoms with Gasteiger partial charge in [-0.3, -0.25) is 14.0 Å². The second kappa shape index (κ2) is 5.64. The Morgan fingerprint density at radius 2 is 2.21 bits per heavy atom. The van der Waals surface area contributed by atoms with E-state index in [2.05, 4.69) is 10.3 Å². The molecule has 1 aliphatic heterocycles. The van der Waals surface area contributed by atoms with Gasteiger partial charge in [-0.1, -0.05) is 6.07 Å². The van der Waals surface area contributed by atoms with Gasteiger partial charge in [0.15, 0.2) is 16.5 Å². The zero-order chi connectivity index (χ0) is 16.7. The number of carbonyl (C=O) groups excluding carboxylic acids is 1. The van der Waals surface area contributed by atoms with E-state index in [1.54, 1.807) is 17.6 Å². The van der Waals surface area contributed by atoms with Gasteiger partial charge in [-0.25, -0.2) is 4.98 Å². The summed E-state index contributed by atoms with van der Waals surface area (Å²) in [4.78, 5) is 29.5. The molecule has 0 spiro atoms. The summed E-state index contributed by atoms with van der Waals surface area (Å²) in [5, 5.41) is 4.57. The minimum atomic E-state index is -0.460. The molecule has 0 bridgehead atoms. The van der Waals surface area contributed by atoms with E-state index in [-0.39, 0.29) is 24.0 Å². The molecule has 122 valence electrons. The van der Waals surface area contributed by atoms with Crippen molar-refractivity contribution in [2.24, 2.45) is 0 Å². The zero-order valence-electron chi connectivity index (χ0n) is 12.7. The van der Waals surface area contributed by atoms with Crippen molar-refractivity contribution >= 4 is 22.2 Å². The van der Waals surface area contributed by atoms with Gasteiger partial charge >= 0.3 is 0 Å². The number of ether oxygens (including phenoxy) is 2. The number of nitrogens with zero attached hydrogens (tertiary/aromatic N) is 2. The van der Waals surface area contributed by atoms with Crippen molar-refractivity contribution in [3.8, 4) is 11.5 Å². The molecule has 8 heteroatoms. The van der Waals surface area contributed by atoms with E-state index < -0.39 is 5.91 Å². The van der Waals surface area contributed by atoms with Gasteiger partial charge in [0.05, 0.1) is 6.04 Å².